The fourth-order valence-corrected chi connectivity index (χ4v) is 4.83. The Kier molecular flexibility index (Phi) is 5.00. The first-order valence-corrected chi connectivity index (χ1v) is 10.9. The molecule has 5 rings (SSSR count). The van der Waals surface area contributed by atoms with E-state index in [4.69, 9.17) is 9.47 Å². The summed E-state index contributed by atoms with van der Waals surface area (Å²) in [4.78, 5) is 39.8. The first-order valence-electron chi connectivity index (χ1n) is 10.9. The zero-order valence-corrected chi connectivity index (χ0v) is 18.3. The number of hydrogen-bond acceptors (Lipinski definition) is 7. The molecule has 0 radical (unpaired) electrons. The molecule has 4 heterocycles. The number of likely N-dealkylation sites (tertiary alicyclic amines) is 1. The van der Waals surface area contributed by atoms with Gasteiger partial charge in [-0.3, -0.25) is 9.69 Å². The summed E-state index contributed by atoms with van der Waals surface area (Å²) in [5.41, 5.74) is 3.35. The Hall–Kier alpha value is -3.20. The Labute approximate surface area is 185 Å². The normalized spacial score (nSPS) is 19.9. The van der Waals surface area contributed by atoms with Crippen LogP contribution in [0.1, 0.15) is 39.9 Å². The molecule has 3 aliphatic heterocycles. The van der Waals surface area contributed by atoms with Gasteiger partial charge in [-0.15, -0.1) is 0 Å². The zero-order valence-electron chi connectivity index (χ0n) is 18.3. The van der Waals surface area contributed by atoms with Crippen LogP contribution in [0, 0.1) is 6.92 Å². The van der Waals surface area contributed by atoms with E-state index in [-0.39, 0.29) is 11.5 Å². The predicted octanol–water partition coefficient (Wildman–Crippen LogP) is 1.79. The number of anilines is 1. The summed E-state index contributed by atoms with van der Waals surface area (Å²) in [6.07, 6.45) is 2.00. The van der Waals surface area contributed by atoms with E-state index in [1.54, 1.807) is 13.1 Å². The Balaban J connectivity index is 1.19. The van der Waals surface area contributed by atoms with Crippen LogP contribution < -0.4 is 10.5 Å². The molecule has 168 valence electrons. The largest absolute Gasteiger partial charge is 0.457 e. The molecule has 1 aromatic heterocycles. The number of fused-ring (bicyclic) bond motifs is 1. The summed E-state index contributed by atoms with van der Waals surface area (Å²) in [5.74, 6) is 0.204. The average molecular weight is 438 g/mol. The Bertz CT molecular complexity index is 1150. The van der Waals surface area contributed by atoms with Crippen molar-refractivity contribution in [1.29, 1.82) is 0 Å². The molecule has 0 saturated carbocycles. The second-order valence-electron chi connectivity index (χ2n) is 8.83. The molecule has 3 aliphatic rings. The summed E-state index contributed by atoms with van der Waals surface area (Å²) < 4.78 is 12.2. The lowest BCUT2D eigenvalue weighted by Crippen LogP contribution is -2.47. The molecule has 9 heteroatoms. The quantitative estimate of drug-likeness (QED) is 0.672. The third-order valence-corrected chi connectivity index (χ3v) is 6.94. The van der Waals surface area contributed by atoms with E-state index in [1.807, 2.05) is 12.1 Å². The van der Waals surface area contributed by atoms with Gasteiger partial charge in [-0.25, -0.2) is 14.3 Å². The van der Waals surface area contributed by atoms with Crippen LogP contribution >= 0.6 is 0 Å². The number of nitrogens with zero attached hydrogens (tertiary/aromatic N) is 4. The first-order chi connectivity index (χ1) is 15.3. The van der Waals surface area contributed by atoms with Crippen molar-refractivity contribution in [3.05, 3.63) is 56.9 Å². The van der Waals surface area contributed by atoms with Crippen molar-refractivity contribution in [2.75, 3.05) is 31.1 Å². The molecule has 2 aromatic rings. The van der Waals surface area contributed by atoms with Gasteiger partial charge < -0.3 is 14.4 Å². The smallest absolute Gasteiger partial charge is 0.416 e. The lowest BCUT2D eigenvalue weighted by molar-refractivity contribution is 0.00125. The zero-order chi connectivity index (χ0) is 22.5. The number of rotatable bonds is 4. The first kappa shape index (κ1) is 20.7. The van der Waals surface area contributed by atoms with E-state index in [2.05, 4.69) is 16.9 Å². The number of aryl methyl sites for hydroxylation is 1. The molecule has 1 amide bonds. The van der Waals surface area contributed by atoms with Crippen LogP contribution in [0.2, 0.25) is 0 Å². The van der Waals surface area contributed by atoms with Crippen molar-refractivity contribution < 1.29 is 19.1 Å². The van der Waals surface area contributed by atoms with Crippen molar-refractivity contribution in [2.45, 2.75) is 38.4 Å². The number of carbonyl (C=O) groups excluding carboxylic acids is 2. The molecule has 0 atom stereocenters. The summed E-state index contributed by atoms with van der Waals surface area (Å²) in [5, 5.41) is 4.19. The summed E-state index contributed by atoms with van der Waals surface area (Å²) in [6.45, 7) is 5.46. The van der Waals surface area contributed by atoms with Gasteiger partial charge >= 0.3 is 12.1 Å². The topological polar surface area (TPSA) is 94.0 Å². The lowest BCUT2D eigenvalue weighted by atomic mass is 9.90. The molecule has 0 aliphatic carbocycles. The van der Waals surface area contributed by atoms with E-state index in [1.165, 1.54) is 21.2 Å². The molecule has 1 spiro atoms. The van der Waals surface area contributed by atoms with E-state index in [0.29, 0.717) is 24.5 Å². The maximum absolute atomic E-state index is 12.5. The SMILES string of the molecule is Cc1c(CCN2CCC3(CC2)CN(c2ccc(=O)n(C)n2)C(=O)O3)ccc2c1COC2=O. The number of ether oxygens (including phenoxy) is 2. The van der Waals surface area contributed by atoms with Gasteiger partial charge in [0.2, 0.25) is 0 Å². The molecule has 32 heavy (non-hydrogen) atoms. The van der Waals surface area contributed by atoms with Crippen LogP contribution in [0.3, 0.4) is 0 Å². The summed E-state index contributed by atoms with van der Waals surface area (Å²) in [7, 11) is 1.56. The van der Waals surface area contributed by atoms with E-state index in [0.717, 1.165) is 50.0 Å². The van der Waals surface area contributed by atoms with Gasteiger partial charge in [0.25, 0.3) is 5.56 Å². The Morgan fingerprint density at radius 1 is 1.09 bits per heavy atom. The van der Waals surface area contributed by atoms with Crippen molar-refractivity contribution in [3.63, 3.8) is 0 Å². The van der Waals surface area contributed by atoms with Crippen LogP contribution in [-0.4, -0.2) is 58.5 Å². The molecule has 0 N–H and O–H groups in total. The van der Waals surface area contributed by atoms with Crippen LogP contribution in [0.15, 0.2) is 29.1 Å². The second-order valence-corrected chi connectivity index (χ2v) is 8.83. The minimum atomic E-state index is -0.509. The van der Waals surface area contributed by atoms with Gasteiger partial charge in [-0.05, 0) is 36.6 Å². The maximum Gasteiger partial charge on any atom is 0.416 e. The average Bonchev–Trinajstić information content (AvgIpc) is 3.31. The molecule has 2 fully saturated rings. The second kappa shape index (κ2) is 7.74. The number of piperidine rings is 1. The number of cyclic esters (lactones) is 1. The number of amides is 1. The number of aromatic nitrogens is 2. The number of benzene rings is 1. The number of esters is 1. The Morgan fingerprint density at radius 2 is 1.88 bits per heavy atom. The van der Waals surface area contributed by atoms with E-state index < -0.39 is 11.7 Å². The molecule has 9 nitrogen and oxygen atoms in total. The monoisotopic (exact) mass is 438 g/mol. The highest BCUT2D eigenvalue weighted by molar-refractivity contribution is 5.94. The van der Waals surface area contributed by atoms with Crippen molar-refractivity contribution in [1.82, 2.24) is 14.7 Å². The summed E-state index contributed by atoms with van der Waals surface area (Å²) in [6, 6.07) is 6.88. The van der Waals surface area contributed by atoms with Crippen molar-refractivity contribution in [3.8, 4) is 0 Å². The third kappa shape index (κ3) is 3.56. The Morgan fingerprint density at radius 3 is 2.62 bits per heavy atom. The number of carbonyl (C=O) groups is 2. The van der Waals surface area contributed by atoms with Gasteiger partial charge in [0.05, 0.1) is 12.1 Å². The van der Waals surface area contributed by atoms with Crippen LogP contribution in [0.4, 0.5) is 10.6 Å². The summed E-state index contributed by atoms with van der Waals surface area (Å²) >= 11 is 0. The fraction of sp³-hybridized carbons (Fsp3) is 0.478. The molecule has 2 saturated heterocycles. The van der Waals surface area contributed by atoms with Gasteiger partial charge in [0.15, 0.2) is 5.82 Å². The minimum absolute atomic E-state index is 0.220. The standard InChI is InChI=1S/C23H26N4O5/c1-15-16(3-4-17-18(15)13-31-21(17)29)7-10-26-11-8-23(9-12-26)14-27(22(30)32-23)19-5-6-20(28)25(2)24-19/h3-6H,7-14H2,1-2H3. The fourth-order valence-electron chi connectivity index (χ4n) is 4.83. The van der Waals surface area contributed by atoms with Crippen LogP contribution in [0.5, 0.6) is 0 Å². The van der Waals surface area contributed by atoms with Gasteiger partial charge in [-0.2, -0.15) is 5.10 Å². The maximum atomic E-state index is 12.5. The van der Waals surface area contributed by atoms with Gasteiger partial charge in [0.1, 0.15) is 12.2 Å². The molecule has 0 unspecified atom stereocenters. The molecular weight excluding hydrogens is 412 g/mol. The third-order valence-electron chi connectivity index (χ3n) is 6.94. The molecular formula is C23H26N4O5. The van der Waals surface area contributed by atoms with Gasteiger partial charge in [0, 0.05) is 51.2 Å². The molecule has 0 bridgehead atoms. The molecule has 1 aromatic carbocycles. The van der Waals surface area contributed by atoms with Crippen LogP contribution in [0.25, 0.3) is 0 Å². The van der Waals surface area contributed by atoms with Crippen molar-refractivity contribution >= 4 is 17.9 Å². The van der Waals surface area contributed by atoms with Gasteiger partial charge in [-0.1, -0.05) is 6.07 Å². The van der Waals surface area contributed by atoms with E-state index >= 15 is 0 Å². The highest BCUT2D eigenvalue weighted by atomic mass is 16.6. The number of hydrogen-bond donors (Lipinski definition) is 0. The highest BCUT2D eigenvalue weighted by Crippen LogP contribution is 2.35. The predicted molar refractivity (Wildman–Crippen MR) is 116 cm³/mol. The minimum Gasteiger partial charge on any atom is -0.457 e. The van der Waals surface area contributed by atoms with Crippen LogP contribution in [-0.2, 0) is 29.5 Å². The lowest BCUT2D eigenvalue weighted by Gasteiger charge is -2.37. The highest BCUT2D eigenvalue weighted by Gasteiger charge is 2.47. The van der Waals surface area contributed by atoms with E-state index in [9.17, 15) is 14.4 Å². The van der Waals surface area contributed by atoms with Crippen molar-refractivity contribution in [2.24, 2.45) is 7.05 Å².